The summed E-state index contributed by atoms with van der Waals surface area (Å²) in [5.74, 6) is 0.372. The van der Waals surface area contributed by atoms with Crippen LogP contribution in [0.4, 0.5) is 0 Å². The van der Waals surface area contributed by atoms with Crippen molar-refractivity contribution in [2.24, 2.45) is 12.8 Å². The number of nitrogens with two attached hydrogens (primary N) is 1. The summed E-state index contributed by atoms with van der Waals surface area (Å²) in [6.07, 6.45) is 2.64. The monoisotopic (exact) mass is 229 g/mol. The molecule has 0 amide bonds. The SMILES string of the molecule is Cn1nccc1CCSCC(N)C(=O)O. The van der Waals surface area contributed by atoms with E-state index in [0.717, 1.165) is 17.9 Å². The topological polar surface area (TPSA) is 81.1 Å². The van der Waals surface area contributed by atoms with Gasteiger partial charge in [-0.15, -0.1) is 0 Å². The van der Waals surface area contributed by atoms with E-state index in [4.69, 9.17) is 10.8 Å². The molecule has 0 saturated heterocycles. The van der Waals surface area contributed by atoms with Crippen molar-refractivity contribution in [2.45, 2.75) is 12.5 Å². The molecule has 0 spiro atoms. The number of hydrogen-bond donors (Lipinski definition) is 2. The molecule has 1 unspecified atom stereocenters. The molecule has 0 fully saturated rings. The Morgan fingerprint density at radius 2 is 2.53 bits per heavy atom. The molecule has 0 aliphatic heterocycles. The van der Waals surface area contributed by atoms with Crippen molar-refractivity contribution in [1.29, 1.82) is 0 Å². The molecule has 5 nitrogen and oxygen atoms in total. The highest BCUT2D eigenvalue weighted by molar-refractivity contribution is 7.99. The third-order valence-electron chi connectivity index (χ3n) is 2.04. The number of aliphatic carboxylic acids is 1. The largest absolute Gasteiger partial charge is 0.480 e. The van der Waals surface area contributed by atoms with E-state index in [2.05, 4.69) is 5.10 Å². The predicted octanol–water partition coefficient (Wildman–Crippen LogP) is 0.108. The molecule has 1 atom stereocenters. The number of hydrogen-bond acceptors (Lipinski definition) is 4. The van der Waals surface area contributed by atoms with Gasteiger partial charge in [0.05, 0.1) is 0 Å². The van der Waals surface area contributed by atoms with E-state index in [0.29, 0.717) is 5.75 Å². The summed E-state index contributed by atoms with van der Waals surface area (Å²) < 4.78 is 1.82. The van der Waals surface area contributed by atoms with Gasteiger partial charge in [-0.25, -0.2) is 0 Å². The van der Waals surface area contributed by atoms with E-state index in [9.17, 15) is 4.79 Å². The summed E-state index contributed by atoms with van der Waals surface area (Å²) in [4.78, 5) is 10.4. The van der Waals surface area contributed by atoms with Gasteiger partial charge in [0.15, 0.2) is 0 Å². The van der Waals surface area contributed by atoms with E-state index in [1.54, 1.807) is 18.0 Å². The van der Waals surface area contributed by atoms with Crippen LogP contribution in [0.15, 0.2) is 12.3 Å². The van der Waals surface area contributed by atoms with Crippen LogP contribution in [0, 0.1) is 0 Å². The maximum Gasteiger partial charge on any atom is 0.321 e. The summed E-state index contributed by atoms with van der Waals surface area (Å²) in [6.45, 7) is 0. The Morgan fingerprint density at radius 3 is 3.07 bits per heavy atom. The molecule has 0 aliphatic carbocycles. The smallest absolute Gasteiger partial charge is 0.321 e. The first kappa shape index (κ1) is 12.1. The van der Waals surface area contributed by atoms with Crippen LogP contribution < -0.4 is 5.73 Å². The molecule has 1 aromatic heterocycles. The van der Waals surface area contributed by atoms with Gasteiger partial charge in [0.1, 0.15) is 6.04 Å². The van der Waals surface area contributed by atoms with Gasteiger partial charge in [0, 0.05) is 24.7 Å². The van der Waals surface area contributed by atoms with E-state index < -0.39 is 12.0 Å². The number of carboxylic acids is 1. The van der Waals surface area contributed by atoms with Crippen molar-refractivity contribution >= 4 is 17.7 Å². The summed E-state index contributed by atoms with van der Waals surface area (Å²) in [6, 6.07) is 1.19. The molecule has 1 heterocycles. The second-order valence-electron chi connectivity index (χ2n) is 3.22. The average Bonchev–Trinajstić information content (AvgIpc) is 2.58. The van der Waals surface area contributed by atoms with Gasteiger partial charge in [-0.3, -0.25) is 9.48 Å². The molecule has 3 N–H and O–H groups in total. The molecular weight excluding hydrogens is 214 g/mol. The summed E-state index contributed by atoms with van der Waals surface area (Å²) in [5.41, 5.74) is 6.51. The van der Waals surface area contributed by atoms with Crippen molar-refractivity contribution in [3.63, 3.8) is 0 Å². The molecule has 84 valence electrons. The number of nitrogens with zero attached hydrogens (tertiary/aromatic N) is 2. The molecular formula is C9H15N3O2S. The van der Waals surface area contributed by atoms with Crippen LogP contribution in [0.2, 0.25) is 0 Å². The van der Waals surface area contributed by atoms with Crippen LogP contribution in [0.25, 0.3) is 0 Å². The van der Waals surface area contributed by atoms with Gasteiger partial charge in [-0.2, -0.15) is 16.9 Å². The minimum Gasteiger partial charge on any atom is -0.480 e. The fourth-order valence-corrected chi connectivity index (χ4v) is 2.02. The standard InChI is InChI=1S/C9H15N3O2S/c1-12-7(2-4-11-12)3-5-15-6-8(10)9(13)14/h2,4,8H,3,5-6,10H2,1H3,(H,13,14). The van der Waals surface area contributed by atoms with Gasteiger partial charge in [-0.05, 0) is 18.2 Å². The normalized spacial score (nSPS) is 12.7. The molecule has 1 rings (SSSR count). The number of aryl methyl sites for hydroxylation is 2. The van der Waals surface area contributed by atoms with E-state index >= 15 is 0 Å². The lowest BCUT2D eigenvalue weighted by Gasteiger charge is -2.05. The Hall–Kier alpha value is -1.01. The zero-order chi connectivity index (χ0) is 11.3. The Labute approximate surface area is 92.6 Å². The number of carbonyl (C=O) groups is 1. The molecule has 0 radical (unpaired) electrons. The molecule has 0 aromatic carbocycles. The van der Waals surface area contributed by atoms with E-state index in [1.807, 2.05) is 17.8 Å². The third kappa shape index (κ3) is 3.93. The van der Waals surface area contributed by atoms with Gasteiger partial charge < -0.3 is 10.8 Å². The number of rotatable bonds is 6. The lowest BCUT2D eigenvalue weighted by atomic mass is 10.3. The minimum atomic E-state index is -0.942. The highest BCUT2D eigenvalue weighted by Gasteiger charge is 2.10. The van der Waals surface area contributed by atoms with Crippen LogP contribution in [0.1, 0.15) is 5.69 Å². The second-order valence-corrected chi connectivity index (χ2v) is 4.37. The van der Waals surface area contributed by atoms with Crippen molar-refractivity contribution in [2.75, 3.05) is 11.5 Å². The van der Waals surface area contributed by atoms with E-state index in [-0.39, 0.29) is 0 Å². The zero-order valence-electron chi connectivity index (χ0n) is 8.59. The first-order valence-corrected chi connectivity index (χ1v) is 5.79. The van der Waals surface area contributed by atoms with Crippen LogP contribution >= 0.6 is 11.8 Å². The second kappa shape index (κ2) is 5.77. The highest BCUT2D eigenvalue weighted by Crippen LogP contribution is 2.07. The predicted molar refractivity (Wildman–Crippen MR) is 59.8 cm³/mol. The molecule has 1 aromatic rings. The van der Waals surface area contributed by atoms with Gasteiger partial charge in [-0.1, -0.05) is 0 Å². The highest BCUT2D eigenvalue weighted by atomic mass is 32.2. The number of carboxylic acid groups (broad SMARTS) is 1. The summed E-state index contributed by atoms with van der Waals surface area (Å²) >= 11 is 1.55. The van der Waals surface area contributed by atoms with Gasteiger partial charge in [0.25, 0.3) is 0 Å². The fourth-order valence-electron chi connectivity index (χ4n) is 1.10. The first-order valence-electron chi connectivity index (χ1n) is 4.64. The summed E-state index contributed by atoms with van der Waals surface area (Å²) in [5, 5.41) is 12.6. The average molecular weight is 229 g/mol. The minimum absolute atomic E-state index is 0.452. The summed E-state index contributed by atoms with van der Waals surface area (Å²) in [7, 11) is 1.89. The van der Waals surface area contributed by atoms with E-state index in [1.165, 1.54) is 0 Å². The lowest BCUT2D eigenvalue weighted by molar-refractivity contribution is -0.137. The van der Waals surface area contributed by atoms with Crippen LogP contribution in [-0.2, 0) is 18.3 Å². The first-order chi connectivity index (χ1) is 7.11. The maximum atomic E-state index is 10.4. The zero-order valence-corrected chi connectivity index (χ0v) is 9.41. The number of aromatic nitrogens is 2. The van der Waals surface area contributed by atoms with Crippen molar-refractivity contribution in [3.8, 4) is 0 Å². The van der Waals surface area contributed by atoms with Crippen LogP contribution in [-0.4, -0.2) is 38.4 Å². The Kier molecular flexibility index (Phi) is 4.64. The van der Waals surface area contributed by atoms with Gasteiger partial charge >= 0.3 is 5.97 Å². The van der Waals surface area contributed by atoms with Crippen molar-refractivity contribution in [1.82, 2.24) is 9.78 Å². The molecule has 6 heteroatoms. The quantitative estimate of drug-likeness (QED) is 0.677. The van der Waals surface area contributed by atoms with Crippen molar-refractivity contribution in [3.05, 3.63) is 18.0 Å². The van der Waals surface area contributed by atoms with Gasteiger partial charge in [0.2, 0.25) is 0 Å². The molecule has 15 heavy (non-hydrogen) atoms. The Balaban J connectivity index is 2.17. The molecule has 0 saturated carbocycles. The van der Waals surface area contributed by atoms with Crippen LogP contribution in [0.3, 0.4) is 0 Å². The lowest BCUT2D eigenvalue weighted by Crippen LogP contribution is -2.32. The van der Waals surface area contributed by atoms with Crippen molar-refractivity contribution < 1.29 is 9.90 Å². The Bertz CT molecular complexity index is 327. The molecule has 0 aliphatic rings. The van der Waals surface area contributed by atoms with Crippen LogP contribution in [0.5, 0.6) is 0 Å². The fraction of sp³-hybridized carbons (Fsp3) is 0.556. The third-order valence-corrected chi connectivity index (χ3v) is 3.13. The molecule has 0 bridgehead atoms. The Morgan fingerprint density at radius 1 is 1.80 bits per heavy atom. The number of thioether (sulfide) groups is 1. The maximum absolute atomic E-state index is 10.4.